The van der Waals surface area contributed by atoms with Gasteiger partial charge in [0.15, 0.2) is 5.69 Å². The second-order valence-electron chi connectivity index (χ2n) is 6.80. The molecule has 0 radical (unpaired) electrons. The monoisotopic (exact) mass is 416 g/mol. The molecule has 0 aliphatic carbocycles. The zero-order valence-corrected chi connectivity index (χ0v) is 16.2. The molecule has 0 saturated carbocycles. The van der Waals surface area contributed by atoms with Crippen LogP contribution in [0.5, 0.6) is 0 Å². The lowest BCUT2D eigenvalue weighted by Gasteiger charge is -2.15. The van der Waals surface area contributed by atoms with Gasteiger partial charge in [-0.05, 0) is 44.2 Å². The van der Waals surface area contributed by atoms with Gasteiger partial charge in [-0.3, -0.25) is 14.3 Å². The van der Waals surface area contributed by atoms with Crippen molar-refractivity contribution in [1.29, 1.82) is 0 Å². The molecular formula is C21H19F3N4O2. The molecule has 156 valence electrons. The van der Waals surface area contributed by atoms with Crippen LogP contribution in [0.25, 0.3) is 0 Å². The highest BCUT2D eigenvalue weighted by molar-refractivity contribution is 6.06. The van der Waals surface area contributed by atoms with Gasteiger partial charge in [-0.2, -0.15) is 18.3 Å². The van der Waals surface area contributed by atoms with E-state index in [1.165, 1.54) is 12.1 Å². The van der Waals surface area contributed by atoms with Gasteiger partial charge in [-0.15, -0.1) is 0 Å². The number of carbonyl (C=O) groups excluding carboxylic acids is 2. The minimum atomic E-state index is -4.74. The lowest BCUT2D eigenvalue weighted by Crippen LogP contribution is -2.22. The summed E-state index contributed by atoms with van der Waals surface area (Å²) in [6, 6.07) is 14.1. The van der Waals surface area contributed by atoms with Crippen LogP contribution in [-0.4, -0.2) is 21.6 Å². The van der Waals surface area contributed by atoms with E-state index >= 15 is 0 Å². The predicted octanol–water partition coefficient (Wildman–Crippen LogP) is 4.99. The van der Waals surface area contributed by atoms with Crippen LogP contribution in [0.15, 0.2) is 60.8 Å². The van der Waals surface area contributed by atoms with E-state index in [1.54, 1.807) is 56.3 Å². The molecule has 0 aliphatic rings. The first kappa shape index (κ1) is 21.1. The van der Waals surface area contributed by atoms with Gasteiger partial charge in [0.25, 0.3) is 11.8 Å². The van der Waals surface area contributed by atoms with Crippen LogP contribution >= 0.6 is 0 Å². The van der Waals surface area contributed by atoms with Gasteiger partial charge in [-0.25, -0.2) is 0 Å². The Bertz CT molecular complexity index is 1060. The van der Waals surface area contributed by atoms with Gasteiger partial charge < -0.3 is 10.6 Å². The number of amides is 2. The number of alkyl halides is 3. The largest absolute Gasteiger partial charge is 0.433 e. The van der Waals surface area contributed by atoms with Gasteiger partial charge in [0.2, 0.25) is 0 Å². The van der Waals surface area contributed by atoms with Crippen molar-refractivity contribution < 1.29 is 22.8 Å². The molecule has 1 aromatic heterocycles. The number of halogens is 3. The van der Waals surface area contributed by atoms with E-state index in [4.69, 9.17) is 0 Å². The summed E-state index contributed by atoms with van der Waals surface area (Å²) in [4.78, 5) is 24.8. The van der Waals surface area contributed by atoms with Crippen LogP contribution in [0.2, 0.25) is 0 Å². The molecule has 0 fully saturated rings. The standard InChI is InChI=1S/C21H19F3N4O2/c1-13(2)28-18(21(22,23)24)17(12-25-28)20(30)27-16-10-6-9-15(11-16)26-19(29)14-7-4-3-5-8-14/h3-13H,1-2H3,(H,26,29)(H,27,30). The number of rotatable bonds is 5. The Balaban J connectivity index is 1.80. The number of anilines is 2. The molecule has 0 aliphatic heterocycles. The Labute approximate surface area is 170 Å². The minimum Gasteiger partial charge on any atom is -0.322 e. The zero-order valence-electron chi connectivity index (χ0n) is 16.2. The Kier molecular flexibility index (Phi) is 5.91. The van der Waals surface area contributed by atoms with Crippen molar-refractivity contribution in [3.8, 4) is 0 Å². The summed E-state index contributed by atoms with van der Waals surface area (Å²) in [6.07, 6.45) is -3.84. The smallest absolute Gasteiger partial charge is 0.322 e. The quantitative estimate of drug-likeness (QED) is 0.615. The van der Waals surface area contributed by atoms with Gasteiger partial charge in [0.1, 0.15) is 0 Å². The van der Waals surface area contributed by atoms with Crippen LogP contribution in [-0.2, 0) is 6.18 Å². The molecule has 2 aromatic carbocycles. The molecule has 6 nitrogen and oxygen atoms in total. The normalized spacial score (nSPS) is 11.4. The first-order chi connectivity index (χ1) is 14.2. The number of aromatic nitrogens is 2. The highest BCUT2D eigenvalue weighted by atomic mass is 19.4. The van der Waals surface area contributed by atoms with E-state index in [0.29, 0.717) is 11.3 Å². The first-order valence-electron chi connectivity index (χ1n) is 9.09. The number of nitrogens with zero attached hydrogens (tertiary/aromatic N) is 2. The molecule has 30 heavy (non-hydrogen) atoms. The van der Waals surface area contributed by atoms with Gasteiger partial charge in [-0.1, -0.05) is 24.3 Å². The lowest BCUT2D eigenvalue weighted by atomic mass is 10.2. The van der Waals surface area contributed by atoms with E-state index in [-0.39, 0.29) is 11.6 Å². The molecule has 1 heterocycles. The first-order valence-corrected chi connectivity index (χ1v) is 9.09. The highest BCUT2D eigenvalue weighted by Gasteiger charge is 2.40. The van der Waals surface area contributed by atoms with Crippen LogP contribution in [0.4, 0.5) is 24.5 Å². The summed E-state index contributed by atoms with van der Waals surface area (Å²) >= 11 is 0. The molecule has 0 atom stereocenters. The molecule has 9 heteroatoms. The molecule has 0 bridgehead atoms. The minimum absolute atomic E-state index is 0.233. The lowest BCUT2D eigenvalue weighted by molar-refractivity contribution is -0.145. The van der Waals surface area contributed by atoms with Crippen LogP contribution in [0.3, 0.4) is 0 Å². The maximum absolute atomic E-state index is 13.5. The van der Waals surface area contributed by atoms with Crippen molar-refractivity contribution >= 4 is 23.2 Å². The van der Waals surface area contributed by atoms with Crippen molar-refractivity contribution in [2.75, 3.05) is 10.6 Å². The summed E-state index contributed by atoms with van der Waals surface area (Å²) < 4.78 is 41.2. The molecule has 0 spiro atoms. The average molecular weight is 416 g/mol. The summed E-state index contributed by atoms with van der Waals surface area (Å²) in [7, 11) is 0. The molecule has 0 saturated heterocycles. The number of carbonyl (C=O) groups is 2. The molecule has 3 aromatic rings. The number of hydrogen-bond acceptors (Lipinski definition) is 3. The van der Waals surface area contributed by atoms with Crippen molar-refractivity contribution in [2.45, 2.75) is 26.1 Å². The molecule has 0 unspecified atom stereocenters. The Morgan fingerprint density at radius 1 is 0.933 bits per heavy atom. The maximum Gasteiger partial charge on any atom is 0.433 e. The predicted molar refractivity (Wildman–Crippen MR) is 106 cm³/mol. The molecular weight excluding hydrogens is 397 g/mol. The van der Waals surface area contributed by atoms with Gasteiger partial charge in [0, 0.05) is 23.0 Å². The highest BCUT2D eigenvalue weighted by Crippen LogP contribution is 2.34. The zero-order chi connectivity index (χ0) is 21.9. The molecule has 2 amide bonds. The molecule has 3 rings (SSSR count). The van der Waals surface area contributed by atoms with Crippen LogP contribution in [0, 0.1) is 0 Å². The third kappa shape index (κ3) is 4.68. The third-order valence-electron chi connectivity index (χ3n) is 4.21. The van der Waals surface area contributed by atoms with E-state index < -0.39 is 29.4 Å². The van der Waals surface area contributed by atoms with Crippen molar-refractivity contribution in [3.05, 3.63) is 77.6 Å². The van der Waals surface area contributed by atoms with Gasteiger partial charge >= 0.3 is 6.18 Å². The maximum atomic E-state index is 13.5. The number of hydrogen-bond donors (Lipinski definition) is 2. The van der Waals surface area contributed by atoms with Crippen molar-refractivity contribution in [3.63, 3.8) is 0 Å². The summed E-state index contributed by atoms with van der Waals surface area (Å²) in [5.74, 6) is -1.29. The SMILES string of the molecule is CC(C)n1ncc(C(=O)Nc2cccc(NC(=O)c3ccccc3)c2)c1C(F)(F)F. The van der Waals surface area contributed by atoms with Crippen LogP contribution in [0.1, 0.15) is 46.3 Å². The second kappa shape index (κ2) is 8.40. The van der Waals surface area contributed by atoms with Crippen LogP contribution < -0.4 is 10.6 Å². The summed E-state index contributed by atoms with van der Waals surface area (Å²) in [5.41, 5.74) is -0.617. The van der Waals surface area contributed by atoms with Crippen molar-refractivity contribution in [2.24, 2.45) is 0 Å². The number of nitrogens with one attached hydrogen (secondary N) is 2. The Hall–Kier alpha value is -3.62. The fourth-order valence-electron chi connectivity index (χ4n) is 2.87. The van der Waals surface area contributed by atoms with E-state index in [0.717, 1.165) is 10.9 Å². The second-order valence-corrected chi connectivity index (χ2v) is 6.80. The van der Waals surface area contributed by atoms with E-state index in [1.807, 2.05) is 0 Å². The molecule has 2 N–H and O–H groups in total. The third-order valence-corrected chi connectivity index (χ3v) is 4.21. The average Bonchev–Trinajstić information content (AvgIpc) is 3.15. The number of benzene rings is 2. The van der Waals surface area contributed by atoms with Gasteiger partial charge in [0.05, 0.1) is 11.8 Å². The van der Waals surface area contributed by atoms with Crippen molar-refractivity contribution in [1.82, 2.24) is 9.78 Å². The summed E-state index contributed by atoms with van der Waals surface area (Å²) in [6.45, 7) is 3.09. The Morgan fingerprint density at radius 3 is 2.10 bits per heavy atom. The fourth-order valence-corrected chi connectivity index (χ4v) is 2.87. The van der Waals surface area contributed by atoms with E-state index in [2.05, 4.69) is 15.7 Å². The Morgan fingerprint density at radius 2 is 1.53 bits per heavy atom. The van der Waals surface area contributed by atoms with E-state index in [9.17, 15) is 22.8 Å². The fraction of sp³-hybridized carbons (Fsp3) is 0.190. The summed E-state index contributed by atoms with van der Waals surface area (Å²) in [5, 5.41) is 8.83. The topological polar surface area (TPSA) is 76.0 Å².